The summed E-state index contributed by atoms with van der Waals surface area (Å²) >= 11 is 0. The molecule has 1 unspecified atom stereocenters. The van der Waals surface area contributed by atoms with Gasteiger partial charge >= 0.3 is 5.97 Å². The summed E-state index contributed by atoms with van der Waals surface area (Å²) in [7, 11) is 1.32. The van der Waals surface area contributed by atoms with E-state index in [0.717, 1.165) is 25.3 Å². The van der Waals surface area contributed by atoms with Gasteiger partial charge in [0, 0.05) is 31.9 Å². The Balaban J connectivity index is 0.00000182. The van der Waals surface area contributed by atoms with Crippen LogP contribution in [-0.2, 0) is 19.0 Å². The van der Waals surface area contributed by atoms with Crippen LogP contribution in [0.15, 0.2) is 18.2 Å². The summed E-state index contributed by atoms with van der Waals surface area (Å²) in [5.41, 5.74) is 1.64. The summed E-state index contributed by atoms with van der Waals surface area (Å²) in [6, 6.07) is 5.35. The van der Waals surface area contributed by atoms with Gasteiger partial charge in [0.15, 0.2) is 0 Å². The molecule has 8 nitrogen and oxygen atoms in total. The molecule has 2 aliphatic rings. The van der Waals surface area contributed by atoms with Gasteiger partial charge in [-0.05, 0) is 18.2 Å². The lowest BCUT2D eigenvalue weighted by Gasteiger charge is -2.29. The van der Waals surface area contributed by atoms with Gasteiger partial charge in [0.05, 0.1) is 38.2 Å². The second kappa shape index (κ2) is 11.3. The molecule has 1 aromatic carbocycles. The predicted molar refractivity (Wildman–Crippen MR) is 107 cm³/mol. The highest BCUT2D eigenvalue weighted by atomic mass is 35.5. The molecule has 2 N–H and O–H groups in total. The molecule has 1 amide bonds. The van der Waals surface area contributed by atoms with Gasteiger partial charge in [-0.2, -0.15) is 0 Å². The van der Waals surface area contributed by atoms with E-state index in [1.54, 1.807) is 12.1 Å². The van der Waals surface area contributed by atoms with Gasteiger partial charge in [0.1, 0.15) is 6.10 Å². The van der Waals surface area contributed by atoms with E-state index < -0.39 is 12.1 Å². The van der Waals surface area contributed by atoms with Crippen LogP contribution in [-0.4, -0.2) is 71.1 Å². The van der Waals surface area contributed by atoms with Crippen LogP contribution < -0.4 is 15.5 Å². The van der Waals surface area contributed by atoms with Crippen molar-refractivity contribution < 1.29 is 23.8 Å². The van der Waals surface area contributed by atoms with Gasteiger partial charge in [-0.15, -0.1) is 24.8 Å². The normalized spacial score (nSPS) is 19.3. The van der Waals surface area contributed by atoms with Gasteiger partial charge in [-0.3, -0.25) is 4.79 Å². The number of anilines is 2. The summed E-state index contributed by atoms with van der Waals surface area (Å²) in [5, 5.41) is 5.88. The summed E-state index contributed by atoms with van der Waals surface area (Å²) < 4.78 is 15.7. The van der Waals surface area contributed by atoms with Crippen molar-refractivity contribution in [2.75, 3.05) is 63.3 Å². The van der Waals surface area contributed by atoms with Crippen LogP contribution in [0.4, 0.5) is 11.4 Å². The highest BCUT2D eigenvalue weighted by molar-refractivity contribution is 6.03. The van der Waals surface area contributed by atoms with Gasteiger partial charge in [-0.25, -0.2) is 4.79 Å². The fourth-order valence-electron chi connectivity index (χ4n) is 2.89. The lowest BCUT2D eigenvalue weighted by molar-refractivity contribution is -0.128. The van der Waals surface area contributed by atoms with Crippen molar-refractivity contribution in [3.8, 4) is 0 Å². The number of ether oxygens (including phenoxy) is 3. The Hall–Kier alpha value is -1.58. The number of carbonyl (C=O) groups excluding carboxylic acids is 2. The first kappa shape index (κ1) is 23.5. The third-order valence-electron chi connectivity index (χ3n) is 4.26. The number of morpholine rings is 2. The van der Waals surface area contributed by atoms with Crippen LogP contribution in [0.1, 0.15) is 10.4 Å². The lowest BCUT2D eigenvalue weighted by atomic mass is 10.1. The van der Waals surface area contributed by atoms with E-state index in [1.165, 1.54) is 7.11 Å². The van der Waals surface area contributed by atoms with E-state index in [2.05, 4.69) is 15.5 Å². The van der Waals surface area contributed by atoms with E-state index in [9.17, 15) is 9.59 Å². The number of nitrogens with zero attached hydrogens (tertiary/aromatic N) is 1. The molecule has 0 spiro atoms. The van der Waals surface area contributed by atoms with E-state index in [-0.39, 0.29) is 30.7 Å². The number of methoxy groups -OCH3 is 1. The first-order chi connectivity index (χ1) is 12.2. The molecule has 1 atom stereocenters. The molecule has 0 radical (unpaired) electrons. The molecule has 0 bridgehead atoms. The molecule has 10 heteroatoms. The van der Waals surface area contributed by atoms with Crippen LogP contribution in [0.2, 0.25) is 0 Å². The first-order valence-electron chi connectivity index (χ1n) is 8.37. The SMILES string of the molecule is COC(=O)c1cc(N2CCOCC2)ccc1NC(=O)C1CNCCO1.Cl.Cl. The molecule has 2 aliphatic heterocycles. The quantitative estimate of drug-likeness (QED) is 0.702. The van der Waals surface area contributed by atoms with Crippen LogP contribution in [0.25, 0.3) is 0 Å². The second-order valence-corrected chi connectivity index (χ2v) is 5.87. The van der Waals surface area contributed by atoms with Crippen LogP contribution in [0.5, 0.6) is 0 Å². The molecule has 2 saturated heterocycles. The van der Waals surface area contributed by atoms with Crippen molar-refractivity contribution in [3.05, 3.63) is 23.8 Å². The fourth-order valence-corrected chi connectivity index (χ4v) is 2.89. The summed E-state index contributed by atoms with van der Waals surface area (Å²) in [5.74, 6) is -0.774. The topological polar surface area (TPSA) is 89.1 Å². The molecule has 3 rings (SSSR count). The Morgan fingerprint density at radius 3 is 2.59 bits per heavy atom. The molecule has 0 aromatic heterocycles. The Morgan fingerprint density at radius 2 is 1.96 bits per heavy atom. The number of esters is 1. The van der Waals surface area contributed by atoms with E-state index in [4.69, 9.17) is 14.2 Å². The third-order valence-corrected chi connectivity index (χ3v) is 4.26. The number of amides is 1. The molecule has 0 aliphatic carbocycles. The van der Waals surface area contributed by atoms with Crippen molar-refractivity contribution in [1.82, 2.24) is 5.32 Å². The zero-order valence-corrected chi connectivity index (χ0v) is 16.7. The Labute approximate surface area is 170 Å². The number of benzene rings is 1. The zero-order valence-electron chi connectivity index (χ0n) is 15.1. The summed E-state index contributed by atoms with van der Waals surface area (Å²) in [6.45, 7) is 4.48. The number of carbonyl (C=O) groups is 2. The molecular formula is C17H25Cl2N3O5. The number of nitrogens with one attached hydrogen (secondary N) is 2. The van der Waals surface area contributed by atoms with Crippen LogP contribution in [0, 0.1) is 0 Å². The number of hydrogen-bond acceptors (Lipinski definition) is 7. The summed E-state index contributed by atoms with van der Waals surface area (Å²) in [6.07, 6.45) is -0.571. The van der Waals surface area contributed by atoms with Gasteiger partial charge < -0.3 is 29.7 Å². The smallest absolute Gasteiger partial charge is 0.340 e. The van der Waals surface area contributed by atoms with Gasteiger partial charge in [0.2, 0.25) is 0 Å². The molecular weight excluding hydrogens is 397 g/mol. The van der Waals surface area contributed by atoms with Gasteiger partial charge in [-0.1, -0.05) is 0 Å². The molecule has 152 valence electrons. The molecule has 2 heterocycles. The van der Waals surface area contributed by atoms with Crippen LogP contribution in [0.3, 0.4) is 0 Å². The molecule has 1 aromatic rings. The Kier molecular flexibility index (Phi) is 9.82. The number of hydrogen-bond donors (Lipinski definition) is 2. The maximum absolute atomic E-state index is 12.4. The van der Waals surface area contributed by atoms with Gasteiger partial charge in [0.25, 0.3) is 5.91 Å². The highest BCUT2D eigenvalue weighted by Crippen LogP contribution is 2.25. The average molecular weight is 422 g/mol. The minimum atomic E-state index is -0.571. The Bertz CT molecular complexity index is 635. The monoisotopic (exact) mass is 421 g/mol. The summed E-state index contributed by atoms with van der Waals surface area (Å²) in [4.78, 5) is 26.7. The lowest BCUT2D eigenvalue weighted by Crippen LogP contribution is -2.45. The highest BCUT2D eigenvalue weighted by Gasteiger charge is 2.24. The van der Waals surface area contributed by atoms with Crippen molar-refractivity contribution in [2.45, 2.75) is 6.10 Å². The third kappa shape index (κ3) is 5.95. The molecule has 2 fully saturated rings. The Morgan fingerprint density at radius 1 is 1.22 bits per heavy atom. The second-order valence-electron chi connectivity index (χ2n) is 5.87. The maximum Gasteiger partial charge on any atom is 0.340 e. The van der Waals surface area contributed by atoms with Crippen molar-refractivity contribution in [3.63, 3.8) is 0 Å². The number of rotatable bonds is 4. The molecule has 27 heavy (non-hydrogen) atoms. The predicted octanol–water partition coefficient (Wildman–Crippen LogP) is 1.08. The van der Waals surface area contributed by atoms with E-state index in [1.807, 2.05) is 6.07 Å². The standard InChI is InChI=1S/C17H23N3O5.2ClH/c1-23-17(22)13-10-12(20-5-8-24-9-6-20)2-3-14(13)19-16(21)15-11-18-4-7-25-15;;/h2-3,10,15,18H,4-9,11H2,1H3,(H,19,21);2*1H. The minimum Gasteiger partial charge on any atom is -0.465 e. The minimum absolute atomic E-state index is 0. The van der Waals surface area contributed by atoms with Crippen molar-refractivity contribution >= 4 is 48.1 Å². The zero-order chi connectivity index (χ0) is 17.6. The van der Waals surface area contributed by atoms with E-state index >= 15 is 0 Å². The first-order valence-corrected chi connectivity index (χ1v) is 8.37. The fraction of sp³-hybridized carbons (Fsp3) is 0.529. The average Bonchev–Trinajstić information content (AvgIpc) is 2.69. The molecule has 0 saturated carbocycles. The van der Waals surface area contributed by atoms with Crippen molar-refractivity contribution in [1.29, 1.82) is 0 Å². The van der Waals surface area contributed by atoms with Crippen molar-refractivity contribution in [2.24, 2.45) is 0 Å². The number of halogens is 2. The maximum atomic E-state index is 12.4. The van der Waals surface area contributed by atoms with Crippen LogP contribution >= 0.6 is 24.8 Å². The van der Waals surface area contributed by atoms with E-state index in [0.29, 0.717) is 37.6 Å². The largest absolute Gasteiger partial charge is 0.465 e.